The smallest absolute Gasteiger partial charge is 0.332 e. The summed E-state index contributed by atoms with van der Waals surface area (Å²) in [5.41, 5.74) is 0. The van der Waals surface area contributed by atoms with Crippen LogP contribution in [0.5, 0.6) is 0 Å². The van der Waals surface area contributed by atoms with Crippen LogP contribution in [-0.4, -0.2) is 37.2 Å². The van der Waals surface area contributed by atoms with Crippen LogP contribution in [0.25, 0.3) is 0 Å². The van der Waals surface area contributed by atoms with Gasteiger partial charge in [-0.2, -0.15) is 0 Å². The second-order valence-electron chi connectivity index (χ2n) is 3.62. The van der Waals surface area contributed by atoms with Crippen LogP contribution in [0, 0.1) is 0 Å². The van der Waals surface area contributed by atoms with E-state index in [0.717, 1.165) is 0 Å². The van der Waals surface area contributed by atoms with Crippen LogP contribution in [0.15, 0.2) is 23.1 Å². The van der Waals surface area contributed by atoms with Crippen LogP contribution in [0.1, 0.15) is 6.42 Å². The molecule has 0 heterocycles. The summed E-state index contributed by atoms with van der Waals surface area (Å²) in [5.74, 6) is -1.42. The van der Waals surface area contributed by atoms with Crippen molar-refractivity contribution < 1.29 is 23.4 Å². The lowest BCUT2D eigenvalue weighted by Crippen LogP contribution is -2.30. The average Bonchev–Trinajstić information content (AvgIpc) is 2.31. The molecule has 0 aliphatic heterocycles. The third-order valence-electron chi connectivity index (χ3n) is 2.18. The molecule has 0 saturated heterocycles. The number of hydrogen-bond acceptors (Lipinski definition) is 4. The van der Waals surface area contributed by atoms with Gasteiger partial charge in [-0.3, -0.25) is 0 Å². The minimum Gasteiger partial charge on any atom is -0.479 e. The zero-order chi connectivity index (χ0) is 14.6. The van der Waals surface area contributed by atoms with Crippen molar-refractivity contribution in [2.45, 2.75) is 17.4 Å². The molecule has 0 fully saturated rings. The highest BCUT2D eigenvalue weighted by Gasteiger charge is 2.19. The molecule has 9 heteroatoms. The Hall–Kier alpha value is -0.860. The number of nitrogens with one attached hydrogen (secondary N) is 1. The number of carbonyl (C=O) groups is 1. The van der Waals surface area contributed by atoms with Gasteiger partial charge in [0, 0.05) is 11.6 Å². The molecular weight excluding hydrogens is 317 g/mol. The first kappa shape index (κ1) is 16.2. The molecule has 1 aromatic rings. The minimum absolute atomic E-state index is 0.00400. The topological polar surface area (TPSA) is 104 Å². The Morgan fingerprint density at radius 1 is 1.37 bits per heavy atom. The Morgan fingerprint density at radius 3 is 2.58 bits per heavy atom. The molecule has 3 N–H and O–H groups in total. The summed E-state index contributed by atoms with van der Waals surface area (Å²) < 4.78 is 25.9. The molecular formula is C10H11Cl2NO5S. The number of carboxylic acid groups (broad SMARTS) is 1. The van der Waals surface area contributed by atoms with Crippen LogP contribution in [0.2, 0.25) is 10.0 Å². The van der Waals surface area contributed by atoms with E-state index in [1.807, 2.05) is 0 Å². The summed E-state index contributed by atoms with van der Waals surface area (Å²) in [5, 5.41) is 17.7. The van der Waals surface area contributed by atoms with Gasteiger partial charge in [-0.25, -0.2) is 17.9 Å². The van der Waals surface area contributed by atoms with E-state index < -0.39 is 22.1 Å². The van der Waals surface area contributed by atoms with Crippen LogP contribution in [0.3, 0.4) is 0 Å². The summed E-state index contributed by atoms with van der Waals surface area (Å²) in [7, 11) is -3.91. The third-order valence-corrected chi connectivity index (χ3v) is 4.36. The van der Waals surface area contributed by atoms with E-state index in [-0.39, 0.29) is 27.9 Å². The maximum absolute atomic E-state index is 11.9. The molecule has 1 rings (SSSR count). The quantitative estimate of drug-likeness (QED) is 0.726. The lowest BCUT2D eigenvalue weighted by atomic mass is 10.3. The number of aliphatic hydroxyl groups is 1. The van der Waals surface area contributed by atoms with Gasteiger partial charge in [0.25, 0.3) is 0 Å². The first-order valence-electron chi connectivity index (χ1n) is 5.09. The monoisotopic (exact) mass is 327 g/mol. The first-order valence-corrected chi connectivity index (χ1v) is 7.33. The molecule has 0 unspecified atom stereocenters. The normalized spacial score (nSPS) is 13.2. The van der Waals surface area contributed by atoms with Gasteiger partial charge in [-0.15, -0.1) is 0 Å². The van der Waals surface area contributed by atoms with Gasteiger partial charge < -0.3 is 10.2 Å². The number of aliphatic hydroxyl groups excluding tert-OH is 1. The average molecular weight is 328 g/mol. The highest BCUT2D eigenvalue weighted by atomic mass is 35.5. The van der Waals surface area contributed by atoms with Crippen molar-refractivity contribution in [3.8, 4) is 0 Å². The highest BCUT2D eigenvalue weighted by molar-refractivity contribution is 7.89. The predicted molar refractivity (Wildman–Crippen MR) is 69.9 cm³/mol. The Kier molecular flexibility index (Phi) is 5.57. The fraction of sp³-hybridized carbons (Fsp3) is 0.300. The fourth-order valence-electron chi connectivity index (χ4n) is 1.21. The van der Waals surface area contributed by atoms with E-state index in [1.54, 1.807) is 0 Å². The summed E-state index contributed by atoms with van der Waals surface area (Å²) in [4.78, 5) is 10.2. The van der Waals surface area contributed by atoms with E-state index in [2.05, 4.69) is 4.72 Å². The second-order valence-corrected chi connectivity index (χ2v) is 6.19. The molecule has 0 aromatic heterocycles. The number of aliphatic carboxylic acids is 1. The molecule has 19 heavy (non-hydrogen) atoms. The number of rotatable bonds is 6. The van der Waals surface area contributed by atoms with Crippen molar-refractivity contribution in [3.63, 3.8) is 0 Å². The molecule has 0 aliphatic carbocycles. The minimum atomic E-state index is -3.91. The number of carboxylic acids is 1. The molecule has 0 saturated carbocycles. The predicted octanol–water partition coefficient (Wildman–Crippen LogP) is 1.11. The van der Waals surface area contributed by atoms with E-state index in [0.29, 0.717) is 0 Å². The molecule has 0 amide bonds. The summed E-state index contributed by atoms with van der Waals surface area (Å²) in [6, 6.07) is 3.96. The van der Waals surface area contributed by atoms with E-state index >= 15 is 0 Å². The Balaban J connectivity index is 2.76. The van der Waals surface area contributed by atoms with Crippen molar-refractivity contribution in [1.82, 2.24) is 4.72 Å². The number of hydrogen-bond donors (Lipinski definition) is 3. The fourth-order valence-corrected chi connectivity index (χ4v) is 3.02. The van der Waals surface area contributed by atoms with Gasteiger partial charge in [0.2, 0.25) is 10.0 Å². The van der Waals surface area contributed by atoms with Crippen LogP contribution in [-0.2, 0) is 14.8 Å². The first-order chi connectivity index (χ1) is 8.74. The maximum atomic E-state index is 11.9. The zero-order valence-electron chi connectivity index (χ0n) is 9.51. The van der Waals surface area contributed by atoms with Crippen LogP contribution in [0.4, 0.5) is 0 Å². The van der Waals surface area contributed by atoms with Crippen molar-refractivity contribution in [2.24, 2.45) is 0 Å². The zero-order valence-corrected chi connectivity index (χ0v) is 11.8. The van der Waals surface area contributed by atoms with Crippen molar-refractivity contribution >= 4 is 39.2 Å². The SMILES string of the molecule is O=C(O)[C@@H](O)CCNS(=O)(=O)c1cc(Cl)ccc1Cl. The standard InChI is InChI=1S/C10H11Cl2NO5S/c11-6-1-2-7(12)9(5-6)19(17,18)13-4-3-8(14)10(15)16/h1-2,5,8,13-14H,3-4H2,(H,15,16)/t8-/m0/s1. The molecule has 1 atom stereocenters. The number of sulfonamides is 1. The molecule has 0 bridgehead atoms. The molecule has 0 radical (unpaired) electrons. The van der Waals surface area contributed by atoms with Gasteiger partial charge >= 0.3 is 5.97 Å². The molecule has 6 nitrogen and oxygen atoms in total. The van der Waals surface area contributed by atoms with E-state index in [1.165, 1.54) is 18.2 Å². The second kappa shape index (κ2) is 6.53. The lowest BCUT2D eigenvalue weighted by molar-refractivity contribution is -0.146. The Labute approximate surface area is 120 Å². The Morgan fingerprint density at radius 2 is 2.00 bits per heavy atom. The van der Waals surface area contributed by atoms with Gasteiger partial charge in [0.05, 0.1) is 5.02 Å². The van der Waals surface area contributed by atoms with Crippen molar-refractivity contribution in [2.75, 3.05) is 6.54 Å². The molecule has 106 valence electrons. The van der Waals surface area contributed by atoms with Crippen LogP contribution < -0.4 is 4.72 Å². The van der Waals surface area contributed by atoms with Gasteiger partial charge in [0.15, 0.2) is 6.10 Å². The third kappa shape index (κ3) is 4.63. The highest BCUT2D eigenvalue weighted by Crippen LogP contribution is 2.24. The molecule has 0 aliphatic rings. The van der Waals surface area contributed by atoms with Crippen molar-refractivity contribution in [3.05, 3.63) is 28.2 Å². The van der Waals surface area contributed by atoms with E-state index in [4.69, 9.17) is 33.4 Å². The number of halogens is 2. The summed E-state index contributed by atoms with van der Waals surface area (Å²) >= 11 is 11.4. The molecule has 1 aromatic carbocycles. The van der Waals surface area contributed by atoms with Crippen LogP contribution >= 0.6 is 23.2 Å². The lowest BCUT2D eigenvalue weighted by Gasteiger charge is -2.09. The Bertz CT molecular complexity index is 575. The molecule has 0 spiro atoms. The number of benzene rings is 1. The van der Waals surface area contributed by atoms with Gasteiger partial charge in [0.1, 0.15) is 4.90 Å². The summed E-state index contributed by atoms with van der Waals surface area (Å²) in [6.07, 6.45) is -1.88. The van der Waals surface area contributed by atoms with Crippen molar-refractivity contribution in [1.29, 1.82) is 0 Å². The maximum Gasteiger partial charge on any atom is 0.332 e. The van der Waals surface area contributed by atoms with Gasteiger partial charge in [-0.05, 0) is 24.6 Å². The largest absolute Gasteiger partial charge is 0.479 e. The summed E-state index contributed by atoms with van der Waals surface area (Å²) in [6.45, 7) is -0.237. The van der Waals surface area contributed by atoms with E-state index in [9.17, 15) is 13.2 Å². The van der Waals surface area contributed by atoms with Gasteiger partial charge in [-0.1, -0.05) is 23.2 Å².